The van der Waals surface area contributed by atoms with Gasteiger partial charge in [-0.3, -0.25) is 0 Å². The lowest BCUT2D eigenvalue weighted by molar-refractivity contribution is 0.160. The van der Waals surface area contributed by atoms with Gasteiger partial charge in [0.15, 0.2) is 11.3 Å². The van der Waals surface area contributed by atoms with Crippen LogP contribution in [0.1, 0.15) is 88.5 Å². The van der Waals surface area contributed by atoms with Crippen molar-refractivity contribution in [1.82, 2.24) is 10.3 Å². The van der Waals surface area contributed by atoms with Crippen LogP contribution in [0.25, 0.3) is 11.0 Å². The van der Waals surface area contributed by atoms with Crippen molar-refractivity contribution in [2.24, 2.45) is 0 Å². The molecule has 0 unspecified atom stereocenters. The molecule has 1 aromatic heterocycles. The third kappa shape index (κ3) is 4.52. The standard InChI is InChI=1S/C21H29IN2O2/c22-17-9-11-18(12-10-17)25-20-14-16(13-19-21(20)24-26-23-19)15-7-5-3-1-2-4-6-8-15/h13-15,17-18H,1-12H2. The van der Waals surface area contributed by atoms with Gasteiger partial charge in [-0.05, 0) is 72.5 Å². The first-order chi connectivity index (χ1) is 12.8. The van der Waals surface area contributed by atoms with E-state index in [1.807, 2.05) is 0 Å². The van der Waals surface area contributed by atoms with E-state index in [1.165, 1.54) is 69.8 Å². The number of benzene rings is 1. The Morgan fingerprint density at radius 2 is 1.54 bits per heavy atom. The molecule has 2 aliphatic carbocycles. The van der Waals surface area contributed by atoms with Crippen LogP contribution >= 0.6 is 22.6 Å². The lowest BCUT2D eigenvalue weighted by atomic mass is 9.89. The molecule has 4 nitrogen and oxygen atoms in total. The number of hydrogen-bond acceptors (Lipinski definition) is 4. The highest BCUT2D eigenvalue weighted by atomic mass is 127. The highest BCUT2D eigenvalue weighted by Crippen LogP contribution is 2.37. The van der Waals surface area contributed by atoms with Gasteiger partial charge in [0.25, 0.3) is 0 Å². The number of ether oxygens (including phenoxy) is 1. The molecular weight excluding hydrogens is 439 g/mol. The molecule has 1 heterocycles. The zero-order valence-electron chi connectivity index (χ0n) is 15.5. The predicted octanol–water partition coefficient (Wildman–Crippen LogP) is 6.57. The van der Waals surface area contributed by atoms with Crippen molar-refractivity contribution in [3.05, 3.63) is 17.7 Å². The minimum absolute atomic E-state index is 0.302. The Morgan fingerprint density at radius 1 is 0.846 bits per heavy atom. The maximum atomic E-state index is 6.42. The Labute approximate surface area is 169 Å². The Kier molecular flexibility index (Phi) is 6.33. The summed E-state index contributed by atoms with van der Waals surface area (Å²) in [6.45, 7) is 0. The summed E-state index contributed by atoms with van der Waals surface area (Å²) in [4.78, 5) is 0. The lowest BCUT2D eigenvalue weighted by Crippen LogP contribution is -2.24. The molecule has 2 aliphatic rings. The van der Waals surface area contributed by atoms with Gasteiger partial charge < -0.3 is 4.74 Å². The Balaban J connectivity index is 1.57. The third-order valence-electron chi connectivity index (χ3n) is 6.07. The molecule has 2 saturated carbocycles. The second-order valence-electron chi connectivity index (χ2n) is 8.04. The second-order valence-corrected chi connectivity index (χ2v) is 9.80. The number of aromatic nitrogens is 2. The smallest absolute Gasteiger partial charge is 0.177 e. The van der Waals surface area contributed by atoms with Crippen LogP contribution in [-0.4, -0.2) is 20.3 Å². The Bertz CT molecular complexity index is 699. The minimum atomic E-state index is 0.302. The van der Waals surface area contributed by atoms with Crippen LogP contribution in [0.3, 0.4) is 0 Å². The van der Waals surface area contributed by atoms with Gasteiger partial charge in [-0.15, -0.1) is 0 Å². The summed E-state index contributed by atoms with van der Waals surface area (Å²) < 4.78 is 12.3. The summed E-state index contributed by atoms with van der Waals surface area (Å²) in [5, 5.41) is 8.25. The van der Waals surface area contributed by atoms with Crippen molar-refractivity contribution in [1.29, 1.82) is 0 Å². The Morgan fingerprint density at radius 3 is 2.27 bits per heavy atom. The van der Waals surface area contributed by atoms with Crippen molar-refractivity contribution in [3.8, 4) is 5.75 Å². The SMILES string of the molecule is IC1CCC(Oc2cc(C3CCCCCCCC3)cc3nonc23)CC1. The second kappa shape index (κ2) is 8.89. The molecular formula is C21H29IN2O2. The van der Waals surface area contributed by atoms with E-state index >= 15 is 0 Å². The van der Waals surface area contributed by atoms with Crippen LogP contribution in [0.4, 0.5) is 0 Å². The van der Waals surface area contributed by atoms with Gasteiger partial charge >= 0.3 is 0 Å². The fraction of sp³-hybridized carbons (Fsp3) is 0.714. The maximum absolute atomic E-state index is 6.42. The number of nitrogens with zero attached hydrogens (tertiary/aromatic N) is 2. The summed E-state index contributed by atoms with van der Waals surface area (Å²) in [5.41, 5.74) is 3.00. The van der Waals surface area contributed by atoms with Crippen molar-refractivity contribution in [2.45, 2.75) is 93.0 Å². The highest BCUT2D eigenvalue weighted by Gasteiger charge is 2.23. The van der Waals surface area contributed by atoms with E-state index in [9.17, 15) is 0 Å². The van der Waals surface area contributed by atoms with Crippen molar-refractivity contribution in [3.63, 3.8) is 0 Å². The first-order valence-electron chi connectivity index (χ1n) is 10.4. The molecule has 4 rings (SSSR count). The number of fused-ring (bicyclic) bond motifs is 1. The van der Waals surface area contributed by atoms with Crippen LogP contribution in [0.2, 0.25) is 0 Å². The van der Waals surface area contributed by atoms with Crippen LogP contribution in [0.15, 0.2) is 16.8 Å². The van der Waals surface area contributed by atoms with Crippen LogP contribution in [0, 0.1) is 0 Å². The van der Waals surface area contributed by atoms with Gasteiger partial charge in [0.05, 0.1) is 6.10 Å². The van der Waals surface area contributed by atoms with E-state index < -0.39 is 0 Å². The van der Waals surface area contributed by atoms with Crippen molar-refractivity contribution < 1.29 is 9.37 Å². The monoisotopic (exact) mass is 468 g/mol. The predicted molar refractivity (Wildman–Crippen MR) is 112 cm³/mol. The molecule has 142 valence electrons. The molecule has 2 aromatic rings. The molecule has 0 amide bonds. The maximum Gasteiger partial charge on any atom is 0.177 e. The molecule has 5 heteroatoms. The zero-order chi connectivity index (χ0) is 17.8. The van der Waals surface area contributed by atoms with Gasteiger partial charge in [0.1, 0.15) is 5.52 Å². The van der Waals surface area contributed by atoms with Crippen LogP contribution in [0.5, 0.6) is 5.75 Å². The molecule has 0 aliphatic heterocycles. The minimum Gasteiger partial charge on any atom is -0.488 e. The molecule has 1 aromatic carbocycles. The summed E-state index contributed by atoms with van der Waals surface area (Å²) in [6, 6.07) is 4.42. The molecule has 0 saturated heterocycles. The van der Waals surface area contributed by atoms with Crippen molar-refractivity contribution in [2.75, 3.05) is 0 Å². The van der Waals surface area contributed by atoms with Crippen LogP contribution < -0.4 is 4.74 Å². The number of halogens is 1. The van der Waals surface area contributed by atoms with E-state index in [4.69, 9.17) is 9.37 Å². The van der Waals surface area contributed by atoms with Gasteiger partial charge in [-0.2, -0.15) is 0 Å². The van der Waals surface area contributed by atoms with E-state index in [0.717, 1.165) is 33.5 Å². The first kappa shape index (κ1) is 18.5. The number of alkyl halides is 1. The summed E-state index contributed by atoms with van der Waals surface area (Å²) in [5.74, 6) is 1.50. The summed E-state index contributed by atoms with van der Waals surface area (Å²) in [7, 11) is 0. The van der Waals surface area contributed by atoms with Crippen LogP contribution in [-0.2, 0) is 0 Å². The van der Waals surface area contributed by atoms with Gasteiger partial charge in [0.2, 0.25) is 0 Å². The van der Waals surface area contributed by atoms with Gasteiger partial charge in [-0.1, -0.05) is 61.1 Å². The number of hydrogen-bond donors (Lipinski definition) is 0. The fourth-order valence-corrected chi connectivity index (χ4v) is 5.21. The van der Waals surface area contributed by atoms with Gasteiger partial charge in [0, 0.05) is 3.92 Å². The average molecular weight is 468 g/mol. The van der Waals surface area contributed by atoms with E-state index in [0.29, 0.717) is 12.0 Å². The van der Waals surface area contributed by atoms with Gasteiger partial charge in [-0.25, -0.2) is 4.63 Å². The largest absolute Gasteiger partial charge is 0.488 e. The van der Waals surface area contributed by atoms with Crippen molar-refractivity contribution >= 4 is 33.6 Å². The summed E-state index contributed by atoms with van der Waals surface area (Å²) in [6.07, 6.45) is 15.8. The summed E-state index contributed by atoms with van der Waals surface area (Å²) >= 11 is 2.56. The third-order valence-corrected chi connectivity index (χ3v) is 7.32. The topological polar surface area (TPSA) is 48.2 Å². The average Bonchev–Trinajstić information content (AvgIpc) is 3.16. The molecule has 2 fully saturated rings. The molecule has 26 heavy (non-hydrogen) atoms. The molecule has 0 N–H and O–H groups in total. The zero-order valence-corrected chi connectivity index (χ0v) is 17.6. The molecule has 0 radical (unpaired) electrons. The van der Waals surface area contributed by atoms with E-state index in [2.05, 4.69) is 45.0 Å². The van der Waals surface area contributed by atoms with E-state index in [-0.39, 0.29) is 0 Å². The Hall–Kier alpha value is -0.850. The quantitative estimate of drug-likeness (QED) is 0.378. The molecule has 0 spiro atoms. The lowest BCUT2D eigenvalue weighted by Gasteiger charge is -2.26. The highest BCUT2D eigenvalue weighted by molar-refractivity contribution is 14.1. The molecule has 0 atom stereocenters. The first-order valence-corrected chi connectivity index (χ1v) is 11.6. The number of rotatable bonds is 3. The normalized spacial score (nSPS) is 26.2. The fourth-order valence-electron chi connectivity index (χ4n) is 4.49. The van der Waals surface area contributed by atoms with E-state index in [1.54, 1.807) is 0 Å². The molecule has 0 bridgehead atoms.